The average molecular weight is 403 g/mol. The van der Waals surface area contributed by atoms with E-state index < -0.39 is 37.0 Å². The Morgan fingerprint density at radius 3 is 2.45 bits per heavy atom. The van der Waals surface area contributed by atoms with Crippen molar-refractivity contribution in [3.05, 3.63) is 54.0 Å². The van der Waals surface area contributed by atoms with E-state index in [0.717, 1.165) is 0 Å². The fourth-order valence-electron chi connectivity index (χ4n) is 2.11. The van der Waals surface area contributed by atoms with Gasteiger partial charge in [-0.2, -0.15) is 0 Å². The maximum Gasteiger partial charge on any atom is 0.325 e. The van der Waals surface area contributed by atoms with Crippen LogP contribution in [0.2, 0.25) is 0 Å². The van der Waals surface area contributed by atoms with E-state index in [1.807, 2.05) is 12.2 Å². The standard InChI is InChI=1S/C19H21N3O7/c1-2-27-14-7-5-13(6-8-14)18(25)20-11-17(24)29-12-16(23)22-19(26)21-10-15-4-3-9-28-15/h3-9H,2,10-12H2,1H3,(H,20,25)(H2,21,22,23,26). The maximum absolute atomic E-state index is 12.0. The Hall–Kier alpha value is -3.82. The number of furan rings is 1. The number of urea groups is 1. The predicted molar refractivity (Wildman–Crippen MR) is 100.0 cm³/mol. The zero-order valence-electron chi connectivity index (χ0n) is 15.7. The van der Waals surface area contributed by atoms with Gasteiger partial charge in [0.05, 0.1) is 19.4 Å². The third-order valence-corrected chi connectivity index (χ3v) is 3.44. The minimum atomic E-state index is -0.824. The van der Waals surface area contributed by atoms with Gasteiger partial charge in [-0.3, -0.25) is 19.7 Å². The summed E-state index contributed by atoms with van der Waals surface area (Å²) in [5.74, 6) is -0.972. The van der Waals surface area contributed by atoms with Crippen LogP contribution < -0.4 is 20.7 Å². The van der Waals surface area contributed by atoms with Gasteiger partial charge >= 0.3 is 12.0 Å². The van der Waals surface area contributed by atoms with Crippen LogP contribution in [0, 0.1) is 0 Å². The van der Waals surface area contributed by atoms with E-state index in [2.05, 4.69) is 10.6 Å². The van der Waals surface area contributed by atoms with Gasteiger partial charge in [-0.05, 0) is 43.3 Å². The highest BCUT2D eigenvalue weighted by Crippen LogP contribution is 2.11. The number of amides is 4. The van der Waals surface area contributed by atoms with E-state index in [9.17, 15) is 19.2 Å². The zero-order valence-corrected chi connectivity index (χ0v) is 15.7. The number of carbonyl (C=O) groups excluding carboxylic acids is 4. The van der Waals surface area contributed by atoms with Gasteiger partial charge in [-0.1, -0.05) is 0 Å². The number of carbonyl (C=O) groups is 4. The van der Waals surface area contributed by atoms with Gasteiger partial charge in [0.25, 0.3) is 11.8 Å². The summed E-state index contributed by atoms with van der Waals surface area (Å²) < 4.78 is 15.0. The van der Waals surface area contributed by atoms with Crippen LogP contribution in [0.1, 0.15) is 23.0 Å². The van der Waals surface area contributed by atoms with Gasteiger partial charge in [0.2, 0.25) is 0 Å². The SMILES string of the molecule is CCOc1ccc(C(=O)NCC(=O)OCC(=O)NC(=O)NCc2ccco2)cc1. The third kappa shape index (κ3) is 7.75. The number of rotatable bonds is 9. The van der Waals surface area contributed by atoms with Crippen molar-refractivity contribution in [3.8, 4) is 5.75 Å². The molecule has 0 aliphatic rings. The van der Waals surface area contributed by atoms with E-state index in [4.69, 9.17) is 13.9 Å². The molecule has 0 atom stereocenters. The number of imide groups is 1. The van der Waals surface area contributed by atoms with Crippen molar-refractivity contribution in [1.29, 1.82) is 0 Å². The summed E-state index contributed by atoms with van der Waals surface area (Å²) in [6.07, 6.45) is 1.45. The normalized spacial score (nSPS) is 9.97. The molecule has 0 fully saturated rings. The average Bonchev–Trinajstić information content (AvgIpc) is 3.23. The van der Waals surface area contributed by atoms with Gasteiger partial charge in [0.1, 0.15) is 18.1 Å². The molecule has 10 nitrogen and oxygen atoms in total. The van der Waals surface area contributed by atoms with Gasteiger partial charge < -0.3 is 24.5 Å². The van der Waals surface area contributed by atoms with Crippen LogP contribution in [0.4, 0.5) is 4.79 Å². The molecule has 0 saturated carbocycles. The molecule has 4 amide bonds. The third-order valence-electron chi connectivity index (χ3n) is 3.44. The first-order valence-corrected chi connectivity index (χ1v) is 8.74. The predicted octanol–water partition coefficient (Wildman–Crippen LogP) is 0.977. The van der Waals surface area contributed by atoms with Crippen LogP contribution in [-0.2, 0) is 20.9 Å². The second-order valence-corrected chi connectivity index (χ2v) is 5.61. The molecule has 0 radical (unpaired) electrons. The van der Waals surface area contributed by atoms with E-state index in [1.165, 1.54) is 6.26 Å². The molecule has 0 unspecified atom stereocenters. The van der Waals surface area contributed by atoms with Crippen LogP contribution in [0.25, 0.3) is 0 Å². The molecule has 29 heavy (non-hydrogen) atoms. The number of ether oxygens (including phenoxy) is 2. The summed E-state index contributed by atoms with van der Waals surface area (Å²) in [5.41, 5.74) is 0.340. The lowest BCUT2D eigenvalue weighted by molar-refractivity contribution is -0.147. The Morgan fingerprint density at radius 2 is 1.79 bits per heavy atom. The fourth-order valence-corrected chi connectivity index (χ4v) is 2.11. The van der Waals surface area contributed by atoms with Crippen molar-refractivity contribution in [2.24, 2.45) is 0 Å². The zero-order chi connectivity index (χ0) is 21.1. The molecule has 10 heteroatoms. The molecule has 2 rings (SSSR count). The van der Waals surface area contributed by atoms with E-state index >= 15 is 0 Å². The van der Waals surface area contributed by atoms with Gasteiger partial charge in [0, 0.05) is 5.56 Å². The Kier molecular flexibility index (Phi) is 8.24. The van der Waals surface area contributed by atoms with Crippen molar-refractivity contribution in [2.45, 2.75) is 13.5 Å². The van der Waals surface area contributed by atoms with Crippen molar-refractivity contribution < 1.29 is 33.1 Å². The lowest BCUT2D eigenvalue weighted by atomic mass is 10.2. The Morgan fingerprint density at radius 1 is 1.03 bits per heavy atom. The van der Waals surface area contributed by atoms with Gasteiger partial charge in [-0.25, -0.2) is 4.79 Å². The van der Waals surface area contributed by atoms with Crippen LogP contribution in [0.15, 0.2) is 47.1 Å². The topological polar surface area (TPSA) is 136 Å². The fraction of sp³-hybridized carbons (Fsp3) is 0.263. The molecule has 1 aromatic carbocycles. The second-order valence-electron chi connectivity index (χ2n) is 5.61. The smallest absolute Gasteiger partial charge is 0.325 e. The Balaban J connectivity index is 1.63. The first-order valence-electron chi connectivity index (χ1n) is 8.74. The maximum atomic E-state index is 12.0. The summed E-state index contributed by atoms with van der Waals surface area (Å²) in [6.45, 7) is 1.37. The van der Waals surface area contributed by atoms with E-state index in [-0.39, 0.29) is 6.54 Å². The first-order chi connectivity index (χ1) is 14.0. The monoisotopic (exact) mass is 403 g/mol. The quantitative estimate of drug-likeness (QED) is 0.531. The summed E-state index contributed by atoms with van der Waals surface area (Å²) in [7, 11) is 0. The summed E-state index contributed by atoms with van der Waals surface area (Å²) >= 11 is 0. The largest absolute Gasteiger partial charge is 0.494 e. The molecule has 154 valence electrons. The Labute approximate surface area is 166 Å². The molecule has 0 saturated heterocycles. The summed E-state index contributed by atoms with van der Waals surface area (Å²) in [6, 6.07) is 8.95. The summed E-state index contributed by atoms with van der Waals surface area (Å²) in [5, 5.41) is 6.77. The molecule has 1 heterocycles. The van der Waals surface area contributed by atoms with Crippen molar-refractivity contribution in [3.63, 3.8) is 0 Å². The van der Waals surface area contributed by atoms with Crippen molar-refractivity contribution in [2.75, 3.05) is 19.8 Å². The molecule has 3 N–H and O–H groups in total. The highest BCUT2D eigenvalue weighted by molar-refractivity contribution is 5.97. The summed E-state index contributed by atoms with van der Waals surface area (Å²) in [4.78, 5) is 46.7. The minimum absolute atomic E-state index is 0.101. The first kappa shape index (κ1) is 21.5. The van der Waals surface area contributed by atoms with Gasteiger partial charge in [-0.15, -0.1) is 0 Å². The number of hydrogen-bond acceptors (Lipinski definition) is 7. The lowest BCUT2D eigenvalue weighted by Crippen LogP contribution is -2.41. The molecule has 0 aliphatic carbocycles. The molecule has 2 aromatic rings. The molecule has 0 bridgehead atoms. The second kappa shape index (κ2) is 11.1. The minimum Gasteiger partial charge on any atom is -0.494 e. The van der Waals surface area contributed by atoms with Crippen LogP contribution in [0.5, 0.6) is 5.75 Å². The number of hydrogen-bond donors (Lipinski definition) is 3. The number of esters is 1. The van der Waals surface area contributed by atoms with E-state index in [0.29, 0.717) is 23.7 Å². The molecule has 0 aliphatic heterocycles. The number of benzene rings is 1. The van der Waals surface area contributed by atoms with Crippen LogP contribution in [-0.4, -0.2) is 43.6 Å². The Bertz CT molecular complexity index is 832. The molecular formula is C19H21N3O7. The molecular weight excluding hydrogens is 382 g/mol. The van der Waals surface area contributed by atoms with Gasteiger partial charge in [0.15, 0.2) is 6.61 Å². The van der Waals surface area contributed by atoms with E-state index in [1.54, 1.807) is 36.4 Å². The lowest BCUT2D eigenvalue weighted by Gasteiger charge is -2.08. The van der Waals surface area contributed by atoms with Crippen molar-refractivity contribution >= 4 is 23.8 Å². The van der Waals surface area contributed by atoms with Crippen LogP contribution >= 0.6 is 0 Å². The highest BCUT2D eigenvalue weighted by atomic mass is 16.5. The highest BCUT2D eigenvalue weighted by Gasteiger charge is 2.13. The van der Waals surface area contributed by atoms with Crippen LogP contribution in [0.3, 0.4) is 0 Å². The molecule has 0 spiro atoms. The van der Waals surface area contributed by atoms with Crippen molar-refractivity contribution in [1.82, 2.24) is 16.0 Å². The molecule has 1 aromatic heterocycles. The number of nitrogens with one attached hydrogen (secondary N) is 3.